The lowest BCUT2D eigenvalue weighted by molar-refractivity contribution is -0.115. The van der Waals surface area contributed by atoms with Gasteiger partial charge in [0.2, 0.25) is 5.91 Å². The molecule has 2 heterocycles. The molecule has 1 fully saturated rings. The lowest BCUT2D eigenvalue weighted by Gasteiger charge is -2.01. The second kappa shape index (κ2) is 3.85. The predicted octanol–water partition coefficient (Wildman–Crippen LogP) is 2.15. The van der Waals surface area contributed by atoms with Gasteiger partial charge in [-0.2, -0.15) is 5.10 Å². The van der Waals surface area contributed by atoms with Gasteiger partial charge in [0.1, 0.15) is 5.82 Å². The number of benzene rings is 1. The number of amides is 1. The van der Waals surface area contributed by atoms with E-state index in [4.69, 9.17) is 0 Å². The molecule has 19 heavy (non-hydrogen) atoms. The molecule has 1 aromatic heterocycles. The van der Waals surface area contributed by atoms with E-state index in [-0.39, 0.29) is 5.91 Å². The molecule has 5 heteroatoms. The van der Waals surface area contributed by atoms with Crippen LogP contribution in [0.15, 0.2) is 24.3 Å². The highest BCUT2D eigenvalue weighted by Crippen LogP contribution is 2.30. The summed E-state index contributed by atoms with van der Waals surface area (Å²) in [6.07, 6.45) is 2.92. The number of nitrogens with zero attached hydrogens (tertiary/aromatic N) is 1. The fourth-order valence-corrected chi connectivity index (χ4v) is 2.38. The predicted molar refractivity (Wildman–Crippen MR) is 73.0 cm³/mol. The van der Waals surface area contributed by atoms with E-state index in [1.54, 1.807) is 0 Å². The van der Waals surface area contributed by atoms with Crippen LogP contribution in [-0.2, 0) is 11.2 Å². The molecular weight excluding hydrogens is 240 g/mol. The van der Waals surface area contributed by atoms with E-state index in [2.05, 4.69) is 20.8 Å². The Kier molecular flexibility index (Phi) is 2.15. The van der Waals surface area contributed by atoms with Gasteiger partial charge in [0.05, 0.1) is 12.1 Å². The molecule has 0 bridgehead atoms. The zero-order chi connectivity index (χ0) is 12.8. The van der Waals surface area contributed by atoms with Crippen LogP contribution >= 0.6 is 0 Å². The molecular formula is C14H14N4O. The fraction of sp³-hybridized carbons (Fsp3) is 0.286. The zero-order valence-electron chi connectivity index (χ0n) is 10.4. The second-order valence-electron chi connectivity index (χ2n) is 5.18. The summed E-state index contributed by atoms with van der Waals surface area (Å²) in [5.41, 5.74) is 4.01. The molecule has 2 aliphatic rings. The maximum absolute atomic E-state index is 11.3. The topological polar surface area (TPSA) is 69.8 Å². The molecule has 3 N–H and O–H groups in total. The Hall–Kier alpha value is -2.30. The summed E-state index contributed by atoms with van der Waals surface area (Å²) in [7, 11) is 0. The first-order chi connectivity index (χ1) is 9.28. The van der Waals surface area contributed by atoms with Gasteiger partial charge in [-0.3, -0.25) is 9.89 Å². The molecule has 0 atom stereocenters. The number of carbonyl (C=O) groups excluding carboxylic acids is 1. The van der Waals surface area contributed by atoms with E-state index in [0.717, 1.165) is 28.3 Å². The monoisotopic (exact) mass is 254 g/mol. The van der Waals surface area contributed by atoms with Crippen LogP contribution < -0.4 is 10.6 Å². The number of anilines is 2. The number of rotatable bonds is 3. The minimum Gasteiger partial charge on any atom is -0.366 e. The molecule has 96 valence electrons. The van der Waals surface area contributed by atoms with E-state index in [9.17, 15) is 4.79 Å². The Morgan fingerprint density at radius 3 is 3.00 bits per heavy atom. The van der Waals surface area contributed by atoms with Crippen molar-refractivity contribution in [2.45, 2.75) is 25.3 Å². The Labute approximate surface area is 110 Å². The summed E-state index contributed by atoms with van der Waals surface area (Å²) in [6, 6.07) is 8.60. The van der Waals surface area contributed by atoms with Crippen molar-refractivity contribution in [1.29, 1.82) is 0 Å². The highest BCUT2D eigenvalue weighted by atomic mass is 16.1. The van der Waals surface area contributed by atoms with Crippen molar-refractivity contribution in [2.75, 3.05) is 10.6 Å². The number of aromatic nitrogens is 2. The van der Waals surface area contributed by atoms with Gasteiger partial charge in [-0.1, -0.05) is 6.07 Å². The summed E-state index contributed by atoms with van der Waals surface area (Å²) >= 11 is 0. The Morgan fingerprint density at radius 2 is 2.16 bits per heavy atom. The molecule has 0 unspecified atom stereocenters. The lowest BCUT2D eigenvalue weighted by atomic mass is 10.1. The van der Waals surface area contributed by atoms with E-state index in [1.165, 1.54) is 12.8 Å². The van der Waals surface area contributed by atoms with Gasteiger partial charge in [-0.15, -0.1) is 0 Å². The zero-order valence-corrected chi connectivity index (χ0v) is 10.4. The van der Waals surface area contributed by atoms with Gasteiger partial charge in [0.15, 0.2) is 0 Å². The highest BCUT2D eigenvalue weighted by Gasteiger charge is 2.22. The smallest absolute Gasteiger partial charge is 0.228 e. The summed E-state index contributed by atoms with van der Waals surface area (Å²) < 4.78 is 0. The SMILES string of the molecule is O=C1Cc2cc(-c3cc(NC4CC4)n[nH]3)ccc2N1. The number of H-pyrrole nitrogens is 1. The van der Waals surface area contributed by atoms with Crippen LogP contribution in [0.2, 0.25) is 0 Å². The van der Waals surface area contributed by atoms with Gasteiger partial charge < -0.3 is 10.6 Å². The average molecular weight is 254 g/mol. The highest BCUT2D eigenvalue weighted by molar-refractivity contribution is 5.99. The summed E-state index contributed by atoms with van der Waals surface area (Å²) in [4.78, 5) is 11.3. The second-order valence-corrected chi connectivity index (χ2v) is 5.18. The number of hydrogen-bond acceptors (Lipinski definition) is 3. The van der Waals surface area contributed by atoms with E-state index in [0.29, 0.717) is 12.5 Å². The Balaban J connectivity index is 1.63. The first-order valence-electron chi connectivity index (χ1n) is 6.53. The van der Waals surface area contributed by atoms with Crippen molar-refractivity contribution in [3.8, 4) is 11.3 Å². The van der Waals surface area contributed by atoms with Crippen molar-refractivity contribution >= 4 is 17.4 Å². The molecule has 1 aliphatic heterocycles. The third-order valence-electron chi connectivity index (χ3n) is 3.55. The maximum atomic E-state index is 11.3. The summed E-state index contributed by atoms with van der Waals surface area (Å²) in [5, 5.41) is 13.5. The van der Waals surface area contributed by atoms with Crippen LogP contribution in [0.25, 0.3) is 11.3 Å². The molecule has 0 radical (unpaired) electrons. The van der Waals surface area contributed by atoms with Crippen molar-refractivity contribution < 1.29 is 4.79 Å². The number of nitrogens with one attached hydrogen (secondary N) is 3. The third kappa shape index (κ3) is 1.97. The van der Waals surface area contributed by atoms with E-state index in [1.807, 2.05) is 24.3 Å². The summed E-state index contributed by atoms with van der Waals surface area (Å²) in [6.45, 7) is 0. The molecule has 0 spiro atoms. The van der Waals surface area contributed by atoms with Gasteiger partial charge in [-0.25, -0.2) is 0 Å². The van der Waals surface area contributed by atoms with Crippen molar-refractivity contribution in [2.24, 2.45) is 0 Å². The lowest BCUT2D eigenvalue weighted by Crippen LogP contribution is -2.03. The van der Waals surface area contributed by atoms with Crippen LogP contribution in [0.5, 0.6) is 0 Å². The molecule has 0 saturated heterocycles. The standard InChI is InChI=1S/C14H14N4O/c19-14-6-9-5-8(1-4-11(9)16-14)12-7-13(18-17-12)15-10-2-3-10/h1,4-5,7,10H,2-3,6H2,(H,16,19)(H2,15,17,18). The number of aromatic amines is 1. The first kappa shape index (κ1) is 10.6. The molecule has 2 aromatic rings. The molecule has 1 amide bonds. The van der Waals surface area contributed by atoms with Gasteiger partial charge in [0.25, 0.3) is 0 Å². The van der Waals surface area contributed by atoms with Gasteiger partial charge in [-0.05, 0) is 30.5 Å². The molecule has 4 rings (SSSR count). The number of fused-ring (bicyclic) bond motifs is 1. The molecule has 1 aromatic carbocycles. The molecule has 5 nitrogen and oxygen atoms in total. The number of carbonyl (C=O) groups is 1. The minimum atomic E-state index is 0.0628. The van der Waals surface area contributed by atoms with Crippen LogP contribution in [0.1, 0.15) is 18.4 Å². The quantitative estimate of drug-likeness (QED) is 0.786. The minimum absolute atomic E-state index is 0.0628. The summed E-state index contributed by atoms with van der Waals surface area (Å²) in [5.74, 6) is 0.958. The average Bonchev–Trinajstić information content (AvgIpc) is 2.94. The Bertz CT molecular complexity index is 657. The molecule has 1 saturated carbocycles. The van der Waals surface area contributed by atoms with Crippen LogP contribution in [0.3, 0.4) is 0 Å². The van der Waals surface area contributed by atoms with Gasteiger partial charge >= 0.3 is 0 Å². The number of hydrogen-bond donors (Lipinski definition) is 3. The first-order valence-corrected chi connectivity index (χ1v) is 6.53. The largest absolute Gasteiger partial charge is 0.366 e. The molecule has 1 aliphatic carbocycles. The van der Waals surface area contributed by atoms with Crippen molar-refractivity contribution in [1.82, 2.24) is 10.2 Å². The third-order valence-corrected chi connectivity index (χ3v) is 3.55. The van der Waals surface area contributed by atoms with E-state index >= 15 is 0 Å². The van der Waals surface area contributed by atoms with Crippen molar-refractivity contribution in [3.05, 3.63) is 29.8 Å². The van der Waals surface area contributed by atoms with Crippen molar-refractivity contribution in [3.63, 3.8) is 0 Å². The van der Waals surface area contributed by atoms with Crippen LogP contribution in [0.4, 0.5) is 11.5 Å². The van der Waals surface area contributed by atoms with Gasteiger partial charge in [0, 0.05) is 23.4 Å². The Morgan fingerprint density at radius 1 is 1.26 bits per heavy atom. The van der Waals surface area contributed by atoms with E-state index < -0.39 is 0 Å². The van der Waals surface area contributed by atoms with Crippen LogP contribution in [-0.4, -0.2) is 22.1 Å². The maximum Gasteiger partial charge on any atom is 0.228 e. The fourth-order valence-electron chi connectivity index (χ4n) is 2.38. The van der Waals surface area contributed by atoms with Crippen LogP contribution in [0, 0.1) is 0 Å². The normalized spacial score (nSPS) is 17.2.